The zero-order chi connectivity index (χ0) is 16.1. The molecular weight excluding hydrogens is 284 g/mol. The van der Waals surface area contributed by atoms with Crippen LogP contribution >= 0.6 is 0 Å². The lowest BCUT2D eigenvalue weighted by molar-refractivity contribution is 0.325. The van der Waals surface area contributed by atoms with Crippen molar-refractivity contribution < 1.29 is 0 Å². The van der Waals surface area contributed by atoms with Gasteiger partial charge in [0.05, 0.1) is 11.9 Å². The summed E-state index contributed by atoms with van der Waals surface area (Å²) in [5.74, 6) is 1.02. The summed E-state index contributed by atoms with van der Waals surface area (Å²) in [5.41, 5.74) is 3.70. The van der Waals surface area contributed by atoms with Crippen molar-refractivity contribution in [3.63, 3.8) is 0 Å². The van der Waals surface area contributed by atoms with Gasteiger partial charge in [0.25, 0.3) is 0 Å². The van der Waals surface area contributed by atoms with Crippen molar-refractivity contribution in [3.8, 4) is 5.69 Å². The molecule has 0 bridgehead atoms. The molecule has 0 spiro atoms. The van der Waals surface area contributed by atoms with Crippen LogP contribution in [0.5, 0.6) is 0 Å². The number of pyridine rings is 1. The fourth-order valence-corrected chi connectivity index (χ4v) is 2.76. The van der Waals surface area contributed by atoms with E-state index in [1.165, 1.54) is 16.9 Å². The lowest BCUT2D eigenvalue weighted by Crippen LogP contribution is -2.22. The van der Waals surface area contributed by atoms with Gasteiger partial charge >= 0.3 is 0 Å². The van der Waals surface area contributed by atoms with Gasteiger partial charge in [-0.3, -0.25) is 9.55 Å². The Bertz CT molecular complexity index is 735. The maximum absolute atomic E-state index is 4.49. The quantitative estimate of drug-likeness (QED) is 0.701. The monoisotopic (exact) mass is 306 g/mol. The van der Waals surface area contributed by atoms with Gasteiger partial charge in [-0.15, -0.1) is 0 Å². The Morgan fingerprint density at radius 3 is 2.52 bits per heavy atom. The average Bonchev–Trinajstić information content (AvgIpc) is 2.95. The minimum Gasteiger partial charge on any atom is -0.300 e. The normalized spacial score (nSPS) is 11.1. The summed E-state index contributed by atoms with van der Waals surface area (Å²) in [7, 11) is 2.15. The standard InChI is InChI=1S/C19H22N4/c1-16-21-14-19(23(16)18-6-4-3-5-7-18)15-22(2)13-10-17-8-11-20-12-9-17/h3-9,11-12,14H,10,13,15H2,1-2H3. The minimum absolute atomic E-state index is 0.876. The Labute approximate surface area is 137 Å². The highest BCUT2D eigenvalue weighted by Crippen LogP contribution is 2.15. The van der Waals surface area contributed by atoms with Crippen LogP contribution in [0.1, 0.15) is 17.1 Å². The van der Waals surface area contributed by atoms with Crippen molar-refractivity contribution in [1.29, 1.82) is 0 Å². The van der Waals surface area contributed by atoms with E-state index in [4.69, 9.17) is 0 Å². The number of rotatable bonds is 6. The Hall–Kier alpha value is -2.46. The van der Waals surface area contributed by atoms with Crippen LogP contribution in [0.25, 0.3) is 5.69 Å². The van der Waals surface area contributed by atoms with E-state index in [0.717, 1.165) is 25.3 Å². The number of nitrogens with zero attached hydrogens (tertiary/aromatic N) is 4. The van der Waals surface area contributed by atoms with Gasteiger partial charge in [-0.05, 0) is 50.2 Å². The molecule has 1 aromatic carbocycles. The third-order valence-electron chi connectivity index (χ3n) is 3.99. The molecular formula is C19H22N4. The van der Waals surface area contributed by atoms with Crippen molar-refractivity contribution in [2.75, 3.05) is 13.6 Å². The van der Waals surface area contributed by atoms with E-state index < -0.39 is 0 Å². The highest BCUT2D eigenvalue weighted by atomic mass is 15.2. The van der Waals surface area contributed by atoms with Gasteiger partial charge in [0.1, 0.15) is 5.82 Å². The summed E-state index contributed by atoms with van der Waals surface area (Å²) in [6, 6.07) is 14.6. The maximum Gasteiger partial charge on any atom is 0.110 e. The van der Waals surface area contributed by atoms with E-state index in [1.807, 2.05) is 31.6 Å². The predicted octanol–water partition coefficient (Wildman–Crippen LogP) is 3.25. The highest BCUT2D eigenvalue weighted by molar-refractivity contribution is 5.35. The van der Waals surface area contributed by atoms with Crippen LogP contribution < -0.4 is 0 Å². The number of likely N-dealkylation sites (N-methyl/N-ethyl adjacent to an activating group) is 1. The first-order valence-electron chi connectivity index (χ1n) is 7.90. The number of aromatic nitrogens is 3. The van der Waals surface area contributed by atoms with Gasteiger partial charge in [-0.25, -0.2) is 4.98 Å². The molecule has 23 heavy (non-hydrogen) atoms. The number of para-hydroxylation sites is 1. The molecule has 0 radical (unpaired) electrons. The molecule has 0 aliphatic heterocycles. The SMILES string of the molecule is Cc1ncc(CN(C)CCc2ccncc2)n1-c1ccccc1. The topological polar surface area (TPSA) is 34.0 Å². The van der Waals surface area contributed by atoms with Gasteiger partial charge in [0.2, 0.25) is 0 Å². The Morgan fingerprint density at radius 1 is 1.04 bits per heavy atom. The second kappa shape index (κ2) is 7.20. The van der Waals surface area contributed by atoms with E-state index in [0.29, 0.717) is 0 Å². The summed E-state index contributed by atoms with van der Waals surface area (Å²) in [4.78, 5) is 10.9. The molecule has 0 saturated heterocycles. The summed E-state index contributed by atoms with van der Waals surface area (Å²) >= 11 is 0. The second-order valence-electron chi connectivity index (χ2n) is 5.81. The maximum atomic E-state index is 4.49. The molecule has 4 nitrogen and oxygen atoms in total. The van der Waals surface area contributed by atoms with Crippen LogP contribution in [-0.4, -0.2) is 33.0 Å². The van der Waals surface area contributed by atoms with Gasteiger partial charge in [-0.1, -0.05) is 18.2 Å². The molecule has 0 aliphatic rings. The molecule has 2 heterocycles. The zero-order valence-corrected chi connectivity index (χ0v) is 13.7. The second-order valence-corrected chi connectivity index (χ2v) is 5.81. The molecule has 0 unspecified atom stereocenters. The average molecular weight is 306 g/mol. The molecule has 4 heteroatoms. The van der Waals surface area contributed by atoms with Gasteiger partial charge < -0.3 is 4.90 Å². The molecule has 2 aromatic heterocycles. The molecule has 118 valence electrons. The Morgan fingerprint density at radius 2 is 1.78 bits per heavy atom. The number of hydrogen-bond donors (Lipinski definition) is 0. The molecule has 0 fully saturated rings. The highest BCUT2D eigenvalue weighted by Gasteiger charge is 2.10. The van der Waals surface area contributed by atoms with Gasteiger partial charge in [-0.2, -0.15) is 0 Å². The smallest absolute Gasteiger partial charge is 0.110 e. The fourth-order valence-electron chi connectivity index (χ4n) is 2.76. The van der Waals surface area contributed by atoms with Crippen molar-refractivity contribution in [1.82, 2.24) is 19.4 Å². The number of aryl methyl sites for hydroxylation is 1. The lowest BCUT2D eigenvalue weighted by Gasteiger charge is -2.18. The molecule has 3 aromatic rings. The lowest BCUT2D eigenvalue weighted by atomic mass is 10.2. The third-order valence-corrected chi connectivity index (χ3v) is 3.99. The van der Waals surface area contributed by atoms with Crippen molar-refractivity contribution >= 4 is 0 Å². The van der Waals surface area contributed by atoms with E-state index >= 15 is 0 Å². The fraction of sp³-hybridized carbons (Fsp3) is 0.263. The number of hydrogen-bond acceptors (Lipinski definition) is 3. The van der Waals surface area contributed by atoms with E-state index in [-0.39, 0.29) is 0 Å². The minimum atomic E-state index is 0.876. The molecule has 0 saturated carbocycles. The third kappa shape index (κ3) is 3.85. The van der Waals surface area contributed by atoms with E-state index in [1.54, 1.807) is 0 Å². The Kier molecular flexibility index (Phi) is 4.83. The molecule has 0 aliphatic carbocycles. The van der Waals surface area contributed by atoms with Crippen molar-refractivity contribution in [3.05, 3.63) is 78.1 Å². The summed E-state index contributed by atoms with van der Waals surface area (Å²) in [5, 5.41) is 0. The van der Waals surface area contributed by atoms with Crippen LogP contribution in [0.2, 0.25) is 0 Å². The van der Waals surface area contributed by atoms with E-state index in [2.05, 4.69) is 62.9 Å². The molecule has 3 rings (SSSR count). The number of benzene rings is 1. The first kappa shape index (κ1) is 15.4. The van der Waals surface area contributed by atoms with E-state index in [9.17, 15) is 0 Å². The first-order chi connectivity index (χ1) is 11.2. The van der Waals surface area contributed by atoms with Crippen LogP contribution in [-0.2, 0) is 13.0 Å². The summed E-state index contributed by atoms with van der Waals surface area (Å²) in [6.07, 6.45) is 6.70. The molecule has 0 atom stereocenters. The Balaban J connectivity index is 1.68. The van der Waals surface area contributed by atoms with Crippen molar-refractivity contribution in [2.45, 2.75) is 19.9 Å². The van der Waals surface area contributed by atoms with Gasteiger partial charge in [0.15, 0.2) is 0 Å². The van der Waals surface area contributed by atoms with Crippen LogP contribution in [0.4, 0.5) is 0 Å². The van der Waals surface area contributed by atoms with Crippen LogP contribution in [0.3, 0.4) is 0 Å². The summed E-state index contributed by atoms with van der Waals surface area (Å²) < 4.78 is 2.23. The predicted molar refractivity (Wildman–Crippen MR) is 92.6 cm³/mol. The van der Waals surface area contributed by atoms with Crippen molar-refractivity contribution in [2.24, 2.45) is 0 Å². The molecule has 0 N–H and O–H groups in total. The van der Waals surface area contributed by atoms with Crippen LogP contribution in [0.15, 0.2) is 61.1 Å². The first-order valence-corrected chi connectivity index (χ1v) is 7.90. The molecule has 0 amide bonds. The van der Waals surface area contributed by atoms with Gasteiger partial charge in [0, 0.05) is 31.2 Å². The summed E-state index contributed by atoms with van der Waals surface area (Å²) in [6.45, 7) is 3.93. The zero-order valence-electron chi connectivity index (χ0n) is 13.7. The number of imidazole rings is 1. The largest absolute Gasteiger partial charge is 0.300 e. The van der Waals surface area contributed by atoms with Crippen LogP contribution in [0, 0.1) is 6.92 Å².